The van der Waals surface area contributed by atoms with Crippen LogP contribution in [0.1, 0.15) is 5.56 Å². The first-order chi connectivity index (χ1) is 7.08. The normalized spacial score (nSPS) is 9.60. The van der Waals surface area contributed by atoms with Crippen LogP contribution in [0.3, 0.4) is 0 Å². The minimum Gasteiger partial charge on any atom is -0.497 e. The molecule has 0 saturated heterocycles. The molecule has 4 nitrogen and oxygen atoms in total. The van der Waals surface area contributed by atoms with Crippen molar-refractivity contribution in [2.75, 3.05) is 28.3 Å². The van der Waals surface area contributed by atoms with E-state index in [1.165, 1.54) is 0 Å². The molecule has 0 aliphatic carbocycles. The van der Waals surface area contributed by atoms with Gasteiger partial charge in [0.15, 0.2) is 0 Å². The van der Waals surface area contributed by atoms with Gasteiger partial charge in [-0.3, -0.25) is 5.41 Å². The van der Waals surface area contributed by atoms with Gasteiger partial charge in [-0.05, 0) is 12.1 Å². The number of ether oxygens (including phenoxy) is 2. The summed E-state index contributed by atoms with van der Waals surface area (Å²) in [4.78, 5) is 1.73. The summed E-state index contributed by atoms with van der Waals surface area (Å²) in [7, 11) is 6.85. The summed E-state index contributed by atoms with van der Waals surface area (Å²) in [6.45, 7) is 0. The maximum Gasteiger partial charge on any atom is 0.127 e. The lowest BCUT2D eigenvalue weighted by molar-refractivity contribution is 0.394. The van der Waals surface area contributed by atoms with Crippen molar-refractivity contribution in [1.82, 2.24) is 4.90 Å². The highest BCUT2D eigenvalue weighted by molar-refractivity contribution is 5.96. The standard InChI is InChI=1S/C11H16N2O2/c1-13(2)11(12)8-5-9(14-3)7-10(6-8)15-4/h5-7,12H,1-4H3. The molecule has 15 heavy (non-hydrogen) atoms. The second-order valence-electron chi connectivity index (χ2n) is 3.34. The van der Waals surface area contributed by atoms with Crippen LogP contribution in [0.15, 0.2) is 18.2 Å². The van der Waals surface area contributed by atoms with E-state index in [9.17, 15) is 0 Å². The molecule has 0 aliphatic heterocycles. The van der Waals surface area contributed by atoms with Crippen LogP contribution < -0.4 is 9.47 Å². The van der Waals surface area contributed by atoms with Gasteiger partial charge in [0.2, 0.25) is 0 Å². The Morgan fingerprint density at radius 3 is 1.87 bits per heavy atom. The fourth-order valence-corrected chi connectivity index (χ4v) is 1.20. The van der Waals surface area contributed by atoms with Gasteiger partial charge in [-0.25, -0.2) is 0 Å². The van der Waals surface area contributed by atoms with E-state index in [4.69, 9.17) is 14.9 Å². The van der Waals surface area contributed by atoms with Gasteiger partial charge >= 0.3 is 0 Å². The Labute approximate surface area is 89.9 Å². The molecule has 0 aromatic heterocycles. The first kappa shape index (κ1) is 11.4. The molecule has 0 amide bonds. The van der Waals surface area contributed by atoms with Gasteiger partial charge in [0.25, 0.3) is 0 Å². The maximum atomic E-state index is 7.84. The molecule has 0 heterocycles. The van der Waals surface area contributed by atoms with Crippen molar-refractivity contribution in [3.8, 4) is 11.5 Å². The molecular weight excluding hydrogens is 192 g/mol. The van der Waals surface area contributed by atoms with Crippen molar-refractivity contribution in [2.24, 2.45) is 0 Å². The van der Waals surface area contributed by atoms with Gasteiger partial charge in [-0.15, -0.1) is 0 Å². The molecule has 0 saturated carbocycles. The summed E-state index contributed by atoms with van der Waals surface area (Å²) in [6.07, 6.45) is 0. The first-order valence-corrected chi connectivity index (χ1v) is 4.57. The van der Waals surface area contributed by atoms with Crippen molar-refractivity contribution in [2.45, 2.75) is 0 Å². The number of nitrogens with zero attached hydrogens (tertiary/aromatic N) is 1. The number of rotatable bonds is 3. The van der Waals surface area contributed by atoms with E-state index >= 15 is 0 Å². The van der Waals surface area contributed by atoms with Crippen LogP contribution in [0.2, 0.25) is 0 Å². The number of hydrogen-bond acceptors (Lipinski definition) is 3. The Morgan fingerprint density at radius 2 is 1.53 bits per heavy atom. The summed E-state index contributed by atoms with van der Waals surface area (Å²) >= 11 is 0. The first-order valence-electron chi connectivity index (χ1n) is 4.57. The molecule has 4 heteroatoms. The quantitative estimate of drug-likeness (QED) is 0.606. The smallest absolute Gasteiger partial charge is 0.127 e. The minimum absolute atomic E-state index is 0.423. The van der Waals surface area contributed by atoms with E-state index in [0.717, 1.165) is 5.56 Å². The third kappa shape index (κ3) is 2.62. The van der Waals surface area contributed by atoms with Crippen LogP contribution in [-0.2, 0) is 0 Å². The molecule has 0 fully saturated rings. The lowest BCUT2D eigenvalue weighted by Gasteiger charge is -2.15. The van der Waals surface area contributed by atoms with Gasteiger partial charge in [-0.1, -0.05) is 0 Å². The molecule has 0 radical (unpaired) electrons. The molecule has 82 valence electrons. The molecule has 0 spiro atoms. The lowest BCUT2D eigenvalue weighted by Crippen LogP contribution is -2.21. The van der Waals surface area contributed by atoms with Gasteiger partial charge in [0, 0.05) is 25.7 Å². The van der Waals surface area contributed by atoms with Crippen LogP contribution in [0.5, 0.6) is 11.5 Å². The Balaban J connectivity index is 3.12. The van der Waals surface area contributed by atoms with Crippen LogP contribution in [-0.4, -0.2) is 39.1 Å². The zero-order chi connectivity index (χ0) is 11.4. The Kier molecular flexibility index (Phi) is 3.55. The molecular formula is C11H16N2O2. The average Bonchev–Trinajstić information content (AvgIpc) is 2.27. The van der Waals surface area contributed by atoms with Gasteiger partial charge in [0.1, 0.15) is 17.3 Å². The topological polar surface area (TPSA) is 45.6 Å². The minimum atomic E-state index is 0.423. The van der Waals surface area contributed by atoms with Gasteiger partial charge in [0.05, 0.1) is 14.2 Å². The van der Waals surface area contributed by atoms with E-state index in [1.807, 2.05) is 26.2 Å². The Morgan fingerprint density at radius 1 is 1.07 bits per heavy atom. The zero-order valence-electron chi connectivity index (χ0n) is 9.50. The summed E-state index contributed by atoms with van der Waals surface area (Å²) < 4.78 is 10.3. The van der Waals surface area contributed by atoms with Crippen LogP contribution in [0, 0.1) is 5.41 Å². The lowest BCUT2D eigenvalue weighted by atomic mass is 10.1. The number of amidine groups is 1. The number of methoxy groups -OCH3 is 2. The third-order valence-corrected chi connectivity index (χ3v) is 2.07. The summed E-state index contributed by atoms with van der Waals surface area (Å²) in [5.41, 5.74) is 0.774. The predicted octanol–water partition coefficient (Wildman–Crippen LogP) is 1.59. The van der Waals surface area contributed by atoms with Gasteiger partial charge < -0.3 is 14.4 Å². The van der Waals surface area contributed by atoms with Crippen molar-refractivity contribution in [1.29, 1.82) is 5.41 Å². The summed E-state index contributed by atoms with van der Waals surface area (Å²) in [5, 5.41) is 7.84. The van der Waals surface area contributed by atoms with E-state index in [-0.39, 0.29) is 0 Å². The highest BCUT2D eigenvalue weighted by atomic mass is 16.5. The summed E-state index contributed by atoms with van der Waals surface area (Å²) in [5.74, 6) is 1.80. The van der Waals surface area contributed by atoms with Crippen molar-refractivity contribution in [3.63, 3.8) is 0 Å². The molecule has 1 rings (SSSR count). The third-order valence-electron chi connectivity index (χ3n) is 2.07. The van der Waals surface area contributed by atoms with Crippen LogP contribution >= 0.6 is 0 Å². The Hall–Kier alpha value is -1.71. The predicted molar refractivity (Wildman–Crippen MR) is 60.1 cm³/mol. The molecule has 1 N–H and O–H groups in total. The number of benzene rings is 1. The molecule has 1 aromatic rings. The largest absolute Gasteiger partial charge is 0.497 e. The van der Waals surface area contributed by atoms with Crippen LogP contribution in [0.25, 0.3) is 0 Å². The van der Waals surface area contributed by atoms with Crippen molar-refractivity contribution in [3.05, 3.63) is 23.8 Å². The SMILES string of the molecule is COc1cc(OC)cc(C(=N)N(C)C)c1. The molecule has 0 atom stereocenters. The molecule has 0 bridgehead atoms. The maximum absolute atomic E-state index is 7.84. The van der Waals surface area contributed by atoms with Crippen molar-refractivity contribution >= 4 is 5.84 Å². The fraction of sp³-hybridized carbons (Fsp3) is 0.364. The van der Waals surface area contributed by atoms with Gasteiger partial charge in [-0.2, -0.15) is 0 Å². The van der Waals surface area contributed by atoms with E-state index in [0.29, 0.717) is 17.3 Å². The molecule has 0 aliphatic rings. The number of hydrogen-bond donors (Lipinski definition) is 1. The van der Waals surface area contributed by atoms with E-state index in [2.05, 4.69) is 0 Å². The number of nitrogens with one attached hydrogen (secondary N) is 1. The summed E-state index contributed by atoms with van der Waals surface area (Å²) in [6, 6.07) is 5.40. The second kappa shape index (κ2) is 4.68. The van der Waals surface area contributed by atoms with Crippen molar-refractivity contribution < 1.29 is 9.47 Å². The van der Waals surface area contributed by atoms with Crippen LogP contribution in [0.4, 0.5) is 0 Å². The van der Waals surface area contributed by atoms with E-state index < -0.39 is 0 Å². The molecule has 0 unspecified atom stereocenters. The fourth-order valence-electron chi connectivity index (χ4n) is 1.20. The average molecular weight is 208 g/mol. The molecule has 1 aromatic carbocycles. The Bertz CT molecular complexity index is 339. The second-order valence-corrected chi connectivity index (χ2v) is 3.34. The highest BCUT2D eigenvalue weighted by Crippen LogP contribution is 2.22. The zero-order valence-corrected chi connectivity index (χ0v) is 9.50. The highest BCUT2D eigenvalue weighted by Gasteiger charge is 2.07. The monoisotopic (exact) mass is 208 g/mol. The van der Waals surface area contributed by atoms with E-state index in [1.54, 1.807) is 25.2 Å².